The van der Waals surface area contributed by atoms with Crippen LogP contribution in [0.3, 0.4) is 0 Å². The van der Waals surface area contributed by atoms with Gasteiger partial charge in [0.2, 0.25) is 17.7 Å². The van der Waals surface area contributed by atoms with E-state index in [1.54, 1.807) is 24.3 Å². The number of aromatic nitrogens is 1. The smallest absolute Gasteiger partial charge is 0.328 e. The van der Waals surface area contributed by atoms with Gasteiger partial charge in [-0.2, -0.15) is 0 Å². The molecule has 0 saturated heterocycles. The first kappa shape index (κ1) is 35.9. The van der Waals surface area contributed by atoms with Gasteiger partial charge in [-0.3, -0.25) is 19.3 Å². The van der Waals surface area contributed by atoms with E-state index in [0.29, 0.717) is 17.7 Å². The van der Waals surface area contributed by atoms with Crippen LogP contribution < -0.4 is 20.7 Å². The number of esters is 1. The van der Waals surface area contributed by atoms with Gasteiger partial charge in [0.05, 0.1) is 13.2 Å². The maximum Gasteiger partial charge on any atom is 0.328 e. The zero-order valence-corrected chi connectivity index (χ0v) is 29.4. The summed E-state index contributed by atoms with van der Waals surface area (Å²) in [6, 6.07) is 29.3. The van der Waals surface area contributed by atoms with Crippen LogP contribution in [0.5, 0.6) is 5.75 Å². The second kappa shape index (κ2) is 16.4. The van der Waals surface area contributed by atoms with E-state index in [2.05, 4.69) is 20.9 Å². The largest absolute Gasteiger partial charge is 0.483 e. The highest BCUT2D eigenvalue weighted by atomic mass is 16.5. The van der Waals surface area contributed by atoms with Crippen LogP contribution in [-0.2, 0) is 43.2 Å². The van der Waals surface area contributed by atoms with Crippen molar-refractivity contribution in [3.05, 3.63) is 138 Å². The fourth-order valence-electron chi connectivity index (χ4n) is 6.53. The van der Waals surface area contributed by atoms with Crippen molar-refractivity contribution in [3.63, 3.8) is 0 Å². The van der Waals surface area contributed by atoms with E-state index in [-0.39, 0.29) is 12.8 Å². The molecule has 0 aliphatic carbocycles. The molecule has 268 valence electrons. The van der Waals surface area contributed by atoms with Gasteiger partial charge in [-0.25, -0.2) is 4.79 Å². The van der Waals surface area contributed by atoms with Crippen molar-refractivity contribution < 1.29 is 28.7 Å². The predicted octanol–water partition coefficient (Wildman–Crippen LogP) is 3.89. The van der Waals surface area contributed by atoms with Gasteiger partial charge in [-0.1, -0.05) is 91.0 Å². The first-order valence-corrected chi connectivity index (χ1v) is 17.2. The SMILES string of the molecule is COC(=O)[C@@H]1Cc2ccc(cc2)O[C@H](c2ccccc2)[C@H](NC(=O)[C@H](Cc2c[nH]c3ccccc23)N(C)C)C(=O)N[C@@H](Cc2ccccc2)C(=O)N1. The second-order valence-corrected chi connectivity index (χ2v) is 13.2. The summed E-state index contributed by atoms with van der Waals surface area (Å²) in [6.07, 6.45) is 1.56. The summed E-state index contributed by atoms with van der Waals surface area (Å²) >= 11 is 0. The first-order valence-electron chi connectivity index (χ1n) is 17.2. The fraction of sp³-hybridized carbons (Fsp3) is 0.268. The predicted molar refractivity (Wildman–Crippen MR) is 197 cm³/mol. The lowest BCUT2D eigenvalue weighted by Gasteiger charge is -2.32. The van der Waals surface area contributed by atoms with E-state index in [1.807, 2.05) is 110 Å². The number of ether oxygens (including phenoxy) is 2. The summed E-state index contributed by atoms with van der Waals surface area (Å²) in [5, 5.41) is 9.77. The molecule has 1 aromatic heterocycles. The average Bonchev–Trinajstić information content (AvgIpc) is 3.57. The standard InChI is InChI=1S/C41H43N5O6/c1-46(2)35(24-29-25-42-32-17-11-10-16-31(29)32)39(48)45-36-37(28-14-8-5-9-15-28)52-30-20-18-27(19-21-30)23-34(41(50)51-3)44-38(47)33(43-40(36)49)22-26-12-6-4-7-13-26/h4-21,25,33-37,42H,22-24H2,1-3H3,(H,43,49)(H,44,47)(H,45,48)/t33-,34-,35-,36-,37+/m0/s1. The topological polar surface area (TPSA) is 142 Å². The highest BCUT2D eigenvalue weighted by Crippen LogP contribution is 2.28. The molecule has 2 aliphatic rings. The monoisotopic (exact) mass is 701 g/mol. The summed E-state index contributed by atoms with van der Waals surface area (Å²) in [7, 11) is 4.89. The molecule has 2 bridgehead atoms. The van der Waals surface area contributed by atoms with Crippen molar-refractivity contribution in [3.8, 4) is 5.75 Å². The Morgan fingerprint density at radius 1 is 0.865 bits per heavy atom. The van der Waals surface area contributed by atoms with Crippen LogP contribution in [0.4, 0.5) is 0 Å². The number of carbonyl (C=O) groups excluding carboxylic acids is 4. The van der Waals surface area contributed by atoms with Crippen LogP contribution in [0, 0.1) is 0 Å². The van der Waals surface area contributed by atoms with Gasteiger partial charge in [-0.05, 0) is 61.0 Å². The number of methoxy groups -OCH3 is 1. The number of fused-ring (bicyclic) bond motifs is 12. The van der Waals surface area contributed by atoms with Crippen LogP contribution in [0.2, 0.25) is 0 Å². The van der Waals surface area contributed by atoms with E-state index >= 15 is 0 Å². The van der Waals surface area contributed by atoms with Crippen molar-refractivity contribution >= 4 is 34.6 Å². The highest BCUT2D eigenvalue weighted by Gasteiger charge is 2.38. The van der Waals surface area contributed by atoms with E-state index in [4.69, 9.17) is 9.47 Å². The Balaban J connectivity index is 1.40. The lowest BCUT2D eigenvalue weighted by Crippen LogP contribution is -2.60. The van der Waals surface area contributed by atoms with Gasteiger partial charge in [0, 0.05) is 29.9 Å². The number of rotatable bonds is 9. The molecule has 11 nitrogen and oxygen atoms in total. The van der Waals surface area contributed by atoms with Crippen LogP contribution in [0.1, 0.15) is 28.4 Å². The molecule has 52 heavy (non-hydrogen) atoms. The molecule has 7 rings (SSSR count). The van der Waals surface area contributed by atoms with Crippen LogP contribution in [0.25, 0.3) is 10.9 Å². The Bertz CT molecular complexity index is 2000. The molecule has 0 unspecified atom stereocenters. The van der Waals surface area contributed by atoms with Crippen molar-refractivity contribution in [1.82, 2.24) is 25.8 Å². The summed E-state index contributed by atoms with van der Waals surface area (Å²) in [6.45, 7) is 0. The van der Waals surface area contributed by atoms with Gasteiger partial charge in [0.25, 0.3) is 0 Å². The molecule has 2 aliphatic heterocycles. The molecule has 0 fully saturated rings. The summed E-state index contributed by atoms with van der Waals surface area (Å²) in [5.41, 5.74) is 4.11. The van der Waals surface area contributed by atoms with Gasteiger partial charge in [0.15, 0.2) is 6.10 Å². The van der Waals surface area contributed by atoms with E-state index in [1.165, 1.54) is 7.11 Å². The Hall–Kier alpha value is -5.94. The van der Waals surface area contributed by atoms with Crippen molar-refractivity contribution in [1.29, 1.82) is 0 Å². The molecule has 5 atom stereocenters. The van der Waals surface area contributed by atoms with E-state index in [9.17, 15) is 19.2 Å². The van der Waals surface area contributed by atoms with Crippen LogP contribution >= 0.6 is 0 Å². The van der Waals surface area contributed by atoms with Crippen LogP contribution in [-0.4, -0.2) is 78.9 Å². The summed E-state index contributed by atoms with van der Waals surface area (Å²) in [5.74, 6) is -1.78. The number of likely N-dealkylation sites (N-methyl/N-ethyl adjacent to an activating group) is 1. The van der Waals surface area contributed by atoms with Crippen LogP contribution in [0.15, 0.2) is 115 Å². The molecule has 5 aromatic rings. The van der Waals surface area contributed by atoms with Gasteiger partial charge >= 0.3 is 5.97 Å². The molecule has 3 amide bonds. The summed E-state index contributed by atoms with van der Waals surface area (Å²) < 4.78 is 11.6. The second-order valence-electron chi connectivity index (χ2n) is 13.2. The quantitative estimate of drug-likeness (QED) is 0.171. The number of para-hydroxylation sites is 1. The number of carbonyl (C=O) groups is 4. The lowest BCUT2D eigenvalue weighted by molar-refractivity contribution is -0.145. The molecule has 11 heteroatoms. The Morgan fingerprint density at radius 2 is 1.54 bits per heavy atom. The number of nitrogens with one attached hydrogen (secondary N) is 4. The number of hydrogen-bond acceptors (Lipinski definition) is 7. The number of hydrogen-bond donors (Lipinski definition) is 4. The zero-order valence-electron chi connectivity index (χ0n) is 29.4. The van der Waals surface area contributed by atoms with E-state index < -0.39 is 54.0 Å². The van der Waals surface area contributed by atoms with Crippen molar-refractivity contribution in [2.75, 3.05) is 21.2 Å². The lowest BCUT2D eigenvalue weighted by atomic mass is 9.97. The van der Waals surface area contributed by atoms with Crippen molar-refractivity contribution in [2.45, 2.75) is 49.5 Å². The Labute approximate surface area is 302 Å². The summed E-state index contributed by atoms with van der Waals surface area (Å²) in [4.78, 5) is 61.0. The van der Waals surface area contributed by atoms with Gasteiger partial charge in [-0.15, -0.1) is 0 Å². The van der Waals surface area contributed by atoms with Gasteiger partial charge in [0.1, 0.15) is 23.9 Å². The Kier molecular flexibility index (Phi) is 11.3. The fourth-order valence-corrected chi connectivity index (χ4v) is 6.53. The molecule has 4 aromatic carbocycles. The maximum absolute atomic E-state index is 14.7. The number of aromatic amines is 1. The minimum atomic E-state index is -1.29. The zero-order chi connectivity index (χ0) is 36.6. The van der Waals surface area contributed by atoms with Gasteiger partial charge < -0.3 is 30.4 Å². The first-order chi connectivity index (χ1) is 25.2. The third-order valence-electron chi connectivity index (χ3n) is 9.37. The Morgan fingerprint density at radius 3 is 2.23 bits per heavy atom. The van der Waals surface area contributed by atoms with E-state index in [0.717, 1.165) is 27.6 Å². The molecular formula is C41H43N5O6. The highest BCUT2D eigenvalue weighted by molar-refractivity contribution is 5.95. The third-order valence-corrected chi connectivity index (χ3v) is 9.37. The third kappa shape index (κ3) is 8.50. The molecule has 4 N–H and O–H groups in total. The molecule has 0 saturated carbocycles. The normalized spacial score (nSPS) is 19.9. The number of H-pyrrole nitrogens is 1. The number of benzene rings is 4. The molecule has 0 spiro atoms. The molecule has 3 heterocycles. The number of amides is 3. The average molecular weight is 702 g/mol. The number of nitrogens with zero attached hydrogens (tertiary/aromatic N) is 1. The van der Waals surface area contributed by atoms with Crippen molar-refractivity contribution in [2.24, 2.45) is 0 Å². The maximum atomic E-state index is 14.7. The minimum Gasteiger partial charge on any atom is -0.483 e. The molecular weight excluding hydrogens is 658 g/mol. The minimum absolute atomic E-state index is 0.123. The molecule has 0 radical (unpaired) electrons.